The highest BCUT2D eigenvalue weighted by atomic mass is 35.5. The maximum absolute atomic E-state index is 12.5. The molecule has 1 N–H and O–H groups in total. The van der Waals surface area contributed by atoms with Gasteiger partial charge in [0.15, 0.2) is 0 Å². The Kier molecular flexibility index (Phi) is 3.77. The molecule has 2 aromatic rings. The summed E-state index contributed by atoms with van der Waals surface area (Å²) in [7, 11) is 0. The summed E-state index contributed by atoms with van der Waals surface area (Å²) in [6.07, 6.45) is -4.43. The Morgan fingerprint density at radius 1 is 1.33 bits per heavy atom. The molecule has 2 rings (SSSR count). The van der Waals surface area contributed by atoms with Crippen LogP contribution in [0.25, 0.3) is 0 Å². The van der Waals surface area contributed by atoms with Crippen LogP contribution in [-0.2, 0) is 12.7 Å². The van der Waals surface area contributed by atoms with Crippen molar-refractivity contribution in [2.24, 2.45) is 0 Å². The Balaban J connectivity index is 2.15. The van der Waals surface area contributed by atoms with Crippen molar-refractivity contribution in [2.75, 3.05) is 5.32 Å². The lowest BCUT2D eigenvalue weighted by Crippen LogP contribution is -2.08. The van der Waals surface area contributed by atoms with Gasteiger partial charge in [0.2, 0.25) is 0 Å². The van der Waals surface area contributed by atoms with Gasteiger partial charge in [0, 0.05) is 6.54 Å². The molecule has 96 valence electrons. The molecule has 18 heavy (non-hydrogen) atoms. The standard InChI is InChI=1S/C11H8ClF3N2S/c12-9-3-8(11(13,14)15)4-10(17-9)16-5-7-1-2-18-6-7/h1-4,6H,5H2,(H,16,17). The van der Waals surface area contributed by atoms with Gasteiger partial charge in [0.05, 0.1) is 5.56 Å². The van der Waals surface area contributed by atoms with Crippen molar-refractivity contribution in [3.05, 3.63) is 45.2 Å². The molecule has 0 radical (unpaired) electrons. The molecule has 0 atom stereocenters. The van der Waals surface area contributed by atoms with E-state index < -0.39 is 11.7 Å². The minimum Gasteiger partial charge on any atom is -0.366 e. The number of thiophene rings is 1. The Bertz CT molecular complexity index is 526. The van der Waals surface area contributed by atoms with Gasteiger partial charge >= 0.3 is 6.18 Å². The maximum atomic E-state index is 12.5. The normalized spacial score (nSPS) is 11.6. The summed E-state index contributed by atoms with van der Waals surface area (Å²) in [5, 5.41) is 6.43. The van der Waals surface area contributed by atoms with E-state index in [1.165, 1.54) is 11.3 Å². The van der Waals surface area contributed by atoms with Gasteiger partial charge in [-0.3, -0.25) is 0 Å². The van der Waals surface area contributed by atoms with Gasteiger partial charge in [-0.05, 0) is 34.5 Å². The smallest absolute Gasteiger partial charge is 0.366 e. The number of pyridine rings is 1. The first-order valence-electron chi connectivity index (χ1n) is 4.95. The number of hydrogen-bond acceptors (Lipinski definition) is 3. The van der Waals surface area contributed by atoms with Gasteiger partial charge < -0.3 is 5.32 Å². The summed E-state index contributed by atoms with van der Waals surface area (Å²) >= 11 is 7.09. The third kappa shape index (κ3) is 3.36. The first-order valence-corrected chi connectivity index (χ1v) is 6.27. The molecule has 0 aromatic carbocycles. The quantitative estimate of drug-likeness (QED) is 0.847. The maximum Gasteiger partial charge on any atom is 0.416 e. The minimum absolute atomic E-state index is 0.112. The Morgan fingerprint density at radius 3 is 2.72 bits per heavy atom. The van der Waals surface area contributed by atoms with Gasteiger partial charge in [-0.15, -0.1) is 0 Å². The molecule has 2 heterocycles. The molecule has 0 unspecified atom stereocenters. The van der Waals surface area contributed by atoms with E-state index in [1.807, 2.05) is 16.8 Å². The van der Waals surface area contributed by atoms with Crippen molar-refractivity contribution in [2.45, 2.75) is 12.7 Å². The molecule has 0 spiro atoms. The Hall–Kier alpha value is -1.27. The van der Waals surface area contributed by atoms with Gasteiger partial charge in [0.25, 0.3) is 0 Å². The van der Waals surface area contributed by atoms with E-state index in [0.29, 0.717) is 6.54 Å². The predicted octanol–water partition coefficient (Wildman–Crippen LogP) is 4.43. The van der Waals surface area contributed by atoms with Crippen LogP contribution >= 0.6 is 22.9 Å². The summed E-state index contributed by atoms with van der Waals surface area (Å²) in [5.74, 6) is 0.112. The molecule has 0 amide bonds. The van der Waals surface area contributed by atoms with Crippen LogP contribution in [0.4, 0.5) is 19.0 Å². The fourth-order valence-electron chi connectivity index (χ4n) is 1.34. The van der Waals surface area contributed by atoms with E-state index in [2.05, 4.69) is 10.3 Å². The number of halogens is 4. The molecule has 0 aliphatic heterocycles. The second-order valence-corrected chi connectivity index (χ2v) is 4.71. The molecular weight excluding hydrogens is 285 g/mol. The molecule has 0 fully saturated rings. The average molecular weight is 293 g/mol. The third-order valence-corrected chi connectivity index (χ3v) is 3.10. The lowest BCUT2D eigenvalue weighted by molar-refractivity contribution is -0.137. The number of rotatable bonds is 3. The number of anilines is 1. The van der Waals surface area contributed by atoms with Crippen LogP contribution < -0.4 is 5.32 Å². The minimum atomic E-state index is -4.43. The van der Waals surface area contributed by atoms with Crippen molar-refractivity contribution in [1.29, 1.82) is 0 Å². The topological polar surface area (TPSA) is 24.9 Å². The van der Waals surface area contributed by atoms with Crippen molar-refractivity contribution >= 4 is 28.8 Å². The van der Waals surface area contributed by atoms with E-state index in [4.69, 9.17) is 11.6 Å². The molecule has 0 bridgehead atoms. The highest BCUT2D eigenvalue weighted by Crippen LogP contribution is 2.32. The van der Waals surface area contributed by atoms with Crippen molar-refractivity contribution in [3.63, 3.8) is 0 Å². The molecular formula is C11H8ClF3N2S. The van der Waals surface area contributed by atoms with Crippen LogP contribution in [0.3, 0.4) is 0 Å². The largest absolute Gasteiger partial charge is 0.416 e. The van der Waals surface area contributed by atoms with E-state index in [-0.39, 0.29) is 11.0 Å². The number of hydrogen-bond donors (Lipinski definition) is 1. The van der Waals surface area contributed by atoms with E-state index in [9.17, 15) is 13.2 Å². The lowest BCUT2D eigenvalue weighted by Gasteiger charge is -2.10. The van der Waals surface area contributed by atoms with Gasteiger partial charge in [0.1, 0.15) is 11.0 Å². The molecule has 0 aliphatic rings. The highest BCUT2D eigenvalue weighted by Gasteiger charge is 2.31. The molecule has 2 aromatic heterocycles. The zero-order valence-electron chi connectivity index (χ0n) is 8.96. The molecule has 7 heteroatoms. The van der Waals surface area contributed by atoms with Gasteiger partial charge in [-0.1, -0.05) is 11.6 Å². The van der Waals surface area contributed by atoms with Crippen LogP contribution in [0.2, 0.25) is 5.15 Å². The fraction of sp³-hybridized carbons (Fsp3) is 0.182. The summed E-state index contributed by atoms with van der Waals surface area (Å²) in [5.41, 5.74) is 0.172. The SMILES string of the molecule is FC(F)(F)c1cc(Cl)nc(NCc2ccsc2)c1. The number of nitrogens with one attached hydrogen (secondary N) is 1. The summed E-state index contributed by atoms with van der Waals surface area (Å²) in [6.45, 7) is 0.411. The molecule has 0 aliphatic carbocycles. The van der Waals surface area contributed by atoms with Crippen LogP contribution in [0, 0.1) is 0 Å². The number of aromatic nitrogens is 1. The zero-order chi connectivity index (χ0) is 13.2. The van der Waals surface area contributed by atoms with E-state index >= 15 is 0 Å². The van der Waals surface area contributed by atoms with Crippen LogP contribution in [-0.4, -0.2) is 4.98 Å². The van der Waals surface area contributed by atoms with Crippen molar-refractivity contribution in [1.82, 2.24) is 4.98 Å². The summed E-state index contributed by atoms with van der Waals surface area (Å²) < 4.78 is 37.6. The molecule has 0 saturated carbocycles. The van der Waals surface area contributed by atoms with E-state index in [0.717, 1.165) is 17.7 Å². The van der Waals surface area contributed by atoms with Crippen LogP contribution in [0.15, 0.2) is 29.0 Å². The number of alkyl halides is 3. The second-order valence-electron chi connectivity index (χ2n) is 3.55. The lowest BCUT2D eigenvalue weighted by atomic mass is 10.2. The van der Waals surface area contributed by atoms with Crippen molar-refractivity contribution < 1.29 is 13.2 Å². The van der Waals surface area contributed by atoms with E-state index in [1.54, 1.807) is 0 Å². The Labute approximate surface area is 110 Å². The number of nitrogens with zero attached hydrogens (tertiary/aromatic N) is 1. The first-order chi connectivity index (χ1) is 8.45. The highest BCUT2D eigenvalue weighted by molar-refractivity contribution is 7.07. The van der Waals surface area contributed by atoms with Crippen LogP contribution in [0.1, 0.15) is 11.1 Å². The predicted molar refractivity (Wildman–Crippen MR) is 65.9 cm³/mol. The molecule has 2 nitrogen and oxygen atoms in total. The van der Waals surface area contributed by atoms with Crippen molar-refractivity contribution in [3.8, 4) is 0 Å². The first kappa shape index (κ1) is 13.2. The summed E-state index contributed by atoms with van der Waals surface area (Å²) in [4.78, 5) is 3.80. The van der Waals surface area contributed by atoms with Gasteiger partial charge in [-0.25, -0.2) is 4.98 Å². The second kappa shape index (κ2) is 5.16. The zero-order valence-corrected chi connectivity index (χ0v) is 10.5. The molecule has 0 saturated heterocycles. The van der Waals surface area contributed by atoms with Gasteiger partial charge in [-0.2, -0.15) is 24.5 Å². The Morgan fingerprint density at radius 2 is 2.11 bits per heavy atom. The third-order valence-electron chi connectivity index (χ3n) is 2.18. The fourth-order valence-corrected chi connectivity index (χ4v) is 2.21. The monoisotopic (exact) mass is 292 g/mol. The summed E-state index contributed by atoms with van der Waals surface area (Å²) in [6, 6.07) is 3.63. The average Bonchev–Trinajstić information content (AvgIpc) is 2.77. The van der Waals surface area contributed by atoms with Crippen LogP contribution in [0.5, 0.6) is 0 Å².